The van der Waals surface area contributed by atoms with Crippen LogP contribution in [-0.2, 0) is 11.2 Å². The van der Waals surface area contributed by atoms with Gasteiger partial charge in [-0.1, -0.05) is 69.0 Å². The molecule has 0 spiro atoms. The molecule has 27 heavy (non-hydrogen) atoms. The van der Waals surface area contributed by atoms with Gasteiger partial charge in [0.1, 0.15) is 6.33 Å². The Labute approximate surface area is 166 Å². The lowest BCUT2D eigenvalue weighted by Gasteiger charge is -2.29. The van der Waals surface area contributed by atoms with E-state index in [0.29, 0.717) is 11.8 Å². The van der Waals surface area contributed by atoms with E-state index in [1.165, 1.54) is 49.4 Å². The third kappa shape index (κ3) is 5.12. The van der Waals surface area contributed by atoms with E-state index in [4.69, 9.17) is 0 Å². The van der Waals surface area contributed by atoms with Gasteiger partial charge in [0, 0.05) is 13.1 Å². The SMILES string of the molecule is CCc1ccccc1-n1cnnc1SCC(=O)N(C)C1CCCCCCC1. The lowest BCUT2D eigenvalue weighted by molar-refractivity contribution is -0.129. The van der Waals surface area contributed by atoms with Crippen LogP contribution in [0.15, 0.2) is 35.7 Å². The fourth-order valence-corrected chi connectivity index (χ4v) is 4.63. The van der Waals surface area contributed by atoms with Gasteiger partial charge in [0.25, 0.3) is 0 Å². The number of nitrogens with zero attached hydrogens (tertiary/aromatic N) is 4. The Hall–Kier alpha value is -1.82. The largest absolute Gasteiger partial charge is 0.342 e. The van der Waals surface area contributed by atoms with Crippen LogP contribution in [0.4, 0.5) is 0 Å². The number of hydrogen-bond acceptors (Lipinski definition) is 4. The van der Waals surface area contributed by atoms with Crippen LogP contribution in [0.5, 0.6) is 0 Å². The van der Waals surface area contributed by atoms with Gasteiger partial charge in [-0.15, -0.1) is 10.2 Å². The van der Waals surface area contributed by atoms with Crippen molar-refractivity contribution in [1.82, 2.24) is 19.7 Å². The zero-order chi connectivity index (χ0) is 19.1. The van der Waals surface area contributed by atoms with Gasteiger partial charge in [-0.25, -0.2) is 0 Å². The van der Waals surface area contributed by atoms with E-state index in [1.807, 2.05) is 28.6 Å². The zero-order valence-electron chi connectivity index (χ0n) is 16.4. The number of para-hydroxylation sites is 1. The summed E-state index contributed by atoms with van der Waals surface area (Å²) in [4.78, 5) is 14.7. The van der Waals surface area contributed by atoms with E-state index < -0.39 is 0 Å². The fourth-order valence-electron chi connectivity index (χ4n) is 3.79. The summed E-state index contributed by atoms with van der Waals surface area (Å²) < 4.78 is 1.99. The van der Waals surface area contributed by atoms with E-state index >= 15 is 0 Å². The van der Waals surface area contributed by atoms with Gasteiger partial charge < -0.3 is 4.90 Å². The van der Waals surface area contributed by atoms with Gasteiger partial charge in [0.05, 0.1) is 11.4 Å². The lowest BCUT2D eigenvalue weighted by Crippen LogP contribution is -2.38. The van der Waals surface area contributed by atoms with Gasteiger partial charge in [-0.05, 0) is 30.9 Å². The minimum Gasteiger partial charge on any atom is -0.342 e. The highest BCUT2D eigenvalue weighted by Gasteiger charge is 2.21. The van der Waals surface area contributed by atoms with Crippen molar-refractivity contribution in [2.75, 3.05) is 12.8 Å². The zero-order valence-corrected chi connectivity index (χ0v) is 17.2. The summed E-state index contributed by atoms with van der Waals surface area (Å²) in [6, 6.07) is 8.66. The molecular weight excluding hydrogens is 356 g/mol. The summed E-state index contributed by atoms with van der Waals surface area (Å²) in [6.07, 6.45) is 11.4. The second-order valence-electron chi connectivity index (χ2n) is 7.26. The van der Waals surface area contributed by atoms with Gasteiger partial charge in [-0.3, -0.25) is 9.36 Å². The minimum absolute atomic E-state index is 0.184. The molecule has 0 saturated heterocycles. The van der Waals surface area contributed by atoms with Crippen molar-refractivity contribution in [3.05, 3.63) is 36.2 Å². The van der Waals surface area contributed by atoms with Crippen molar-refractivity contribution in [3.8, 4) is 5.69 Å². The van der Waals surface area contributed by atoms with Crippen LogP contribution in [0.3, 0.4) is 0 Å². The highest BCUT2D eigenvalue weighted by molar-refractivity contribution is 7.99. The number of aryl methyl sites for hydroxylation is 1. The van der Waals surface area contributed by atoms with Gasteiger partial charge in [0.2, 0.25) is 5.91 Å². The van der Waals surface area contributed by atoms with E-state index in [2.05, 4.69) is 29.3 Å². The van der Waals surface area contributed by atoms with Crippen LogP contribution in [0.2, 0.25) is 0 Å². The molecule has 0 N–H and O–H groups in total. The molecule has 0 atom stereocenters. The van der Waals surface area contributed by atoms with Crippen LogP contribution in [0, 0.1) is 0 Å². The summed E-state index contributed by atoms with van der Waals surface area (Å²) in [7, 11) is 1.96. The number of benzene rings is 1. The number of thioether (sulfide) groups is 1. The Balaban J connectivity index is 1.63. The maximum absolute atomic E-state index is 12.8. The number of rotatable bonds is 6. The van der Waals surface area contributed by atoms with E-state index in [9.17, 15) is 4.79 Å². The molecule has 0 radical (unpaired) electrons. The first-order valence-electron chi connectivity index (χ1n) is 10.1. The number of hydrogen-bond donors (Lipinski definition) is 0. The molecule has 1 fully saturated rings. The molecule has 1 heterocycles. The van der Waals surface area contributed by atoms with Crippen molar-refractivity contribution < 1.29 is 4.79 Å². The number of amides is 1. The quantitative estimate of drug-likeness (QED) is 0.686. The summed E-state index contributed by atoms with van der Waals surface area (Å²) in [5.74, 6) is 0.587. The maximum Gasteiger partial charge on any atom is 0.233 e. The third-order valence-electron chi connectivity index (χ3n) is 5.49. The molecule has 6 heteroatoms. The lowest BCUT2D eigenvalue weighted by atomic mass is 9.96. The molecule has 1 aromatic heterocycles. The summed E-state index contributed by atoms with van der Waals surface area (Å²) >= 11 is 1.48. The van der Waals surface area contributed by atoms with Crippen LogP contribution in [0.25, 0.3) is 5.69 Å². The Morgan fingerprint density at radius 2 is 1.89 bits per heavy atom. The van der Waals surface area contributed by atoms with Crippen molar-refractivity contribution in [3.63, 3.8) is 0 Å². The molecule has 5 nitrogen and oxygen atoms in total. The average Bonchev–Trinajstić information content (AvgIpc) is 3.13. The molecule has 1 aromatic carbocycles. The second-order valence-corrected chi connectivity index (χ2v) is 8.20. The Kier molecular flexibility index (Phi) is 7.33. The van der Waals surface area contributed by atoms with Crippen molar-refractivity contribution >= 4 is 17.7 Å². The molecule has 1 saturated carbocycles. The molecule has 146 valence electrons. The molecule has 1 aliphatic carbocycles. The molecule has 2 aromatic rings. The highest BCUT2D eigenvalue weighted by Crippen LogP contribution is 2.24. The Bertz CT molecular complexity index is 737. The fraction of sp³-hybridized carbons (Fsp3) is 0.571. The van der Waals surface area contributed by atoms with Crippen molar-refractivity contribution in [2.45, 2.75) is 69.5 Å². The summed E-state index contributed by atoms with van der Waals surface area (Å²) in [5.41, 5.74) is 2.34. The molecule has 3 rings (SSSR count). The highest BCUT2D eigenvalue weighted by atomic mass is 32.2. The first kappa shape index (κ1) is 19.9. The van der Waals surface area contributed by atoms with Gasteiger partial charge in [-0.2, -0.15) is 0 Å². The first-order valence-corrected chi connectivity index (χ1v) is 11.1. The third-order valence-corrected chi connectivity index (χ3v) is 6.42. The normalized spacial score (nSPS) is 15.9. The molecule has 1 aliphatic rings. The van der Waals surface area contributed by atoms with E-state index in [1.54, 1.807) is 6.33 Å². The predicted molar refractivity (Wildman–Crippen MR) is 110 cm³/mol. The molecule has 0 unspecified atom stereocenters. The number of aromatic nitrogens is 3. The Morgan fingerprint density at radius 1 is 1.19 bits per heavy atom. The van der Waals surface area contributed by atoms with Crippen LogP contribution < -0.4 is 0 Å². The van der Waals surface area contributed by atoms with Crippen LogP contribution in [-0.4, -0.2) is 44.4 Å². The average molecular weight is 387 g/mol. The smallest absolute Gasteiger partial charge is 0.233 e. The maximum atomic E-state index is 12.8. The number of carbonyl (C=O) groups is 1. The van der Waals surface area contributed by atoms with Crippen LogP contribution in [0.1, 0.15) is 57.4 Å². The predicted octanol–water partition coefficient (Wildman–Crippen LogP) is 4.49. The summed E-state index contributed by atoms with van der Waals surface area (Å²) in [6.45, 7) is 2.14. The topological polar surface area (TPSA) is 51.0 Å². The van der Waals surface area contributed by atoms with E-state index in [0.717, 1.165) is 30.1 Å². The Morgan fingerprint density at radius 3 is 2.63 bits per heavy atom. The molecule has 1 amide bonds. The van der Waals surface area contributed by atoms with E-state index in [-0.39, 0.29) is 5.91 Å². The molecule has 0 aliphatic heterocycles. The standard InChI is InChI=1S/C21H30N4OS/c1-3-17-11-9-10-14-19(17)25-16-22-23-21(25)27-15-20(26)24(2)18-12-7-5-4-6-8-13-18/h9-11,14,16,18H,3-8,12-13,15H2,1-2H3. The van der Waals surface area contributed by atoms with Gasteiger partial charge in [0.15, 0.2) is 5.16 Å². The second kappa shape index (κ2) is 9.93. The van der Waals surface area contributed by atoms with Crippen molar-refractivity contribution in [1.29, 1.82) is 0 Å². The molecular formula is C21H30N4OS. The first-order chi connectivity index (χ1) is 13.2. The van der Waals surface area contributed by atoms with Gasteiger partial charge >= 0.3 is 0 Å². The summed E-state index contributed by atoms with van der Waals surface area (Å²) in [5, 5.41) is 9.09. The van der Waals surface area contributed by atoms with Crippen LogP contribution >= 0.6 is 11.8 Å². The van der Waals surface area contributed by atoms with Crippen molar-refractivity contribution in [2.24, 2.45) is 0 Å². The molecule has 0 bridgehead atoms. The monoisotopic (exact) mass is 386 g/mol. The minimum atomic E-state index is 0.184. The number of carbonyl (C=O) groups excluding carboxylic acids is 1.